The van der Waals surface area contributed by atoms with Gasteiger partial charge in [-0.15, -0.1) is 0 Å². The molecule has 1 rings (SSSR count). The Morgan fingerprint density at radius 1 is 1.00 bits per heavy atom. The van der Waals surface area contributed by atoms with E-state index >= 15 is 0 Å². The Bertz CT molecular complexity index is 60.7. The summed E-state index contributed by atoms with van der Waals surface area (Å²) in [5, 5.41) is 0. The van der Waals surface area contributed by atoms with Crippen LogP contribution in [0.25, 0.3) is 0 Å². The van der Waals surface area contributed by atoms with Crippen LogP contribution in [-0.4, -0.2) is 0 Å². The topological polar surface area (TPSA) is 0 Å². The largest absolute Gasteiger partial charge is 2.00 e. The summed E-state index contributed by atoms with van der Waals surface area (Å²) in [6.45, 7) is 0. The van der Waals surface area contributed by atoms with Crippen molar-refractivity contribution in [2.24, 2.45) is 0 Å². The molecule has 0 fully saturated rings. The van der Waals surface area contributed by atoms with Gasteiger partial charge in [-0.1, -0.05) is 0 Å². The molecule has 0 aliphatic carbocycles. The predicted octanol–water partition coefficient (Wildman–Crippen LogP) is 1.85. The van der Waals surface area contributed by atoms with Crippen molar-refractivity contribution in [1.29, 1.82) is 0 Å². The van der Waals surface area contributed by atoms with E-state index in [2.05, 4.69) is 0 Å². The van der Waals surface area contributed by atoms with E-state index in [-0.39, 0.29) is 26.9 Å². The first kappa shape index (κ1) is 10.1. The molecular formula is C6H8Rh. The van der Waals surface area contributed by atoms with E-state index in [1.165, 1.54) is 0 Å². The van der Waals surface area contributed by atoms with Gasteiger partial charge in [0.05, 0.1) is 0 Å². The molecule has 0 aliphatic rings. The molecule has 0 N–H and O–H groups in total. The van der Waals surface area contributed by atoms with Gasteiger partial charge in [-0.3, -0.25) is 0 Å². The van der Waals surface area contributed by atoms with Crippen LogP contribution in [0.15, 0.2) is 30.3 Å². The third kappa shape index (κ3) is 3.81. The van der Waals surface area contributed by atoms with Crippen LogP contribution in [0, 0.1) is 7.43 Å². The summed E-state index contributed by atoms with van der Waals surface area (Å²) < 4.78 is 0. The summed E-state index contributed by atoms with van der Waals surface area (Å²) >= 11 is 0. The van der Waals surface area contributed by atoms with Crippen LogP contribution in [0.3, 0.4) is 0 Å². The molecule has 7 heavy (non-hydrogen) atoms. The Morgan fingerprint density at radius 2 is 1.43 bits per heavy atom. The molecule has 41 valence electrons. The van der Waals surface area contributed by atoms with Crippen LogP contribution in [-0.2, 0) is 19.5 Å². The van der Waals surface area contributed by atoms with E-state index in [0.717, 1.165) is 0 Å². The quantitative estimate of drug-likeness (QED) is 0.425. The van der Waals surface area contributed by atoms with E-state index < -0.39 is 0 Å². The zero-order valence-electron chi connectivity index (χ0n) is 4.22. The van der Waals surface area contributed by atoms with Gasteiger partial charge in [0.2, 0.25) is 0 Å². The molecule has 1 aromatic carbocycles. The minimum atomic E-state index is 0. The first-order valence-electron chi connectivity index (χ1n) is 1.67. The summed E-state index contributed by atoms with van der Waals surface area (Å²) in [4.78, 5) is 0. The molecule has 0 saturated carbocycles. The monoisotopic (exact) mass is 183 g/mol. The van der Waals surface area contributed by atoms with Crippen molar-refractivity contribution in [2.45, 2.75) is 0 Å². The van der Waals surface area contributed by atoms with Gasteiger partial charge < -0.3 is 7.43 Å². The van der Waals surface area contributed by atoms with Crippen molar-refractivity contribution < 1.29 is 19.5 Å². The predicted molar refractivity (Wildman–Crippen MR) is 28.4 cm³/mol. The van der Waals surface area contributed by atoms with Crippen LogP contribution in [0.5, 0.6) is 0 Å². The van der Waals surface area contributed by atoms with Crippen molar-refractivity contribution in [3.05, 3.63) is 37.8 Å². The summed E-state index contributed by atoms with van der Waals surface area (Å²) in [6.07, 6.45) is 0. The van der Waals surface area contributed by atoms with Crippen molar-refractivity contribution in [3.8, 4) is 0 Å². The average Bonchev–Trinajstić information content (AvgIpc) is 1.76. The van der Waals surface area contributed by atoms with Crippen molar-refractivity contribution >= 4 is 0 Å². The molecule has 0 nitrogen and oxygen atoms in total. The zero-order chi connectivity index (χ0) is 3.54. The van der Waals surface area contributed by atoms with Crippen molar-refractivity contribution in [3.63, 3.8) is 0 Å². The van der Waals surface area contributed by atoms with Crippen molar-refractivity contribution in [2.75, 3.05) is 0 Å². The van der Waals surface area contributed by atoms with Crippen LogP contribution < -0.4 is 0 Å². The van der Waals surface area contributed by atoms with Gasteiger partial charge in [0.25, 0.3) is 0 Å². The van der Waals surface area contributed by atoms with Crippen molar-refractivity contribution in [1.82, 2.24) is 0 Å². The van der Waals surface area contributed by atoms with Crippen LogP contribution >= 0.6 is 0 Å². The number of rotatable bonds is 0. The second-order valence-corrected chi connectivity index (χ2v) is 0.962. The Balaban J connectivity index is 0. The third-order valence-electron chi connectivity index (χ3n) is 0.556. The SMILES string of the molecule is [CH3-].[Rh+2].c1cc[cH-]c1. The molecule has 0 aliphatic heterocycles. The summed E-state index contributed by atoms with van der Waals surface area (Å²) in [5.74, 6) is 0. The van der Waals surface area contributed by atoms with E-state index in [0.29, 0.717) is 0 Å². The van der Waals surface area contributed by atoms with Crippen LogP contribution in [0.4, 0.5) is 0 Å². The first-order chi connectivity index (χ1) is 2.50. The molecule has 1 radical (unpaired) electrons. The maximum Gasteiger partial charge on any atom is 2.00 e. The molecule has 0 bridgehead atoms. The maximum absolute atomic E-state index is 2.00. The van der Waals surface area contributed by atoms with Gasteiger partial charge in [0.15, 0.2) is 0 Å². The normalized spacial score (nSPS) is 5.71. The molecule has 0 aromatic heterocycles. The van der Waals surface area contributed by atoms with Gasteiger partial charge in [0.1, 0.15) is 0 Å². The van der Waals surface area contributed by atoms with Gasteiger partial charge >= 0.3 is 19.5 Å². The first-order valence-corrected chi connectivity index (χ1v) is 1.67. The minimum absolute atomic E-state index is 0. The second kappa shape index (κ2) is 5.97. The fourth-order valence-electron chi connectivity index (χ4n) is 0.321. The van der Waals surface area contributed by atoms with Gasteiger partial charge in [0, 0.05) is 0 Å². The standard InChI is InChI=1S/C5H5.CH3.Rh/c1-2-4-5-3-1;;/h1-5H;1H3;/q2*-1;+2. The summed E-state index contributed by atoms with van der Waals surface area (Å²) in [5.41, 5.74) is 0. The van der Waals surface area contributed by atoms with Gasteiger partial charge in [-0.25, -0.2) is 12.1 Å². The van der Waals surface area contributed by atoms with Crippen LogP contribution in [0.2, 0.25) is 0 Å². The van der Waals surface area contributed by atoms with Gasteiger partial charge in [-0.2, -0.15) is 18.2 Å². The zero-order valence-corrected chi connectivity index (χ0v) is 5.86. The molecule has 0 heterocycles. The molecule has 0 saturated heterocycles. The summed E-state index contributed by atoms with van der Waals surface area (Å²) in [7, 11) is 0. The molecule has 1 aromatic rings. The van der Waals surface area contributed by atoms with Gasteiger partial charge in [-0.05, 0) is 0 Å². The molecule has 0 amide bonds. The van der Waals surface area contributed by atoms with Crippen LogP contribution in [0.1, 0.15) is 0 Å². The molecular weight excluding hydrogens is 175 g/mol. The fourth-order valence-corrected chi connectivity index (χ4v) is 0.321. The van der Waals surface area contributed by atoms with E-state index in [1.54, 1.807) is 0 Å². The average molecular weight is 183 g/mol. The molecule has 0 atom stereocenters. The maximum atomic E-state index is 2.00. The molecule has 0 unspecified atom stereocenters. The Morgan fingerprint density at radius 3 is 1.57 bits per heavy atom. The fraction of sp³-hybridized carbons (Fsp3) is 0. The number of hydrogen-bond donors (Lipinski definition) is 0. The van der Waals surface area contributed by atoms with E-state index in [4.69, 9.17) is 0 Å². The minimum Gasteiger partial charge on any atom is -0.358 e. The summed E-state index contributed by atoms with van der Waals surface area (Å²) in [6, 6.07) is 10.0. The molecule has 0 spiro atoms. The van der Waals surface area contributed by atoms with E-state index in [9.17, 15) is 0 Å². The Labute approximate surface area is 57.7 Å². The molecule has 1 heteroatoms. The third-order valence-corrected chi connectivity index (χ3v) is 0.556. The Hall–Kier alpha value is -0.0266. The number of hydrogen-bond acceptors (Lipinski definition) is 0. The Kier molecular flexibility index (Phi) is 8.58. The smallest absolute Gasteiger partial charge is 0.358 e. The second-order valence-electron chi connectivity index (χ2n) is 0.962. The van der Waals surface area contributed by atoms with E-state index in [1.807, 2.05) is 30.3 Å².